The van der Waals surface area contributed by atoms with Crippen molar-refractivity contribution in [3.05, 3.63) is 0 Å². The molecule has 74 valence electrons. The van der Waals surface area contributed by atoms with Gasteiger partial charge in [-0.15, -0.1) is 0 Å². The summed E-state index contributed by atoms with van der Waals surface area (Å²) in [6, 6.07) is 2.36. The summed E-state index contributed by atoms with van der Waals surface area (Å²) >= 11 is 0. The van der Waals surface area contributed by atoms with Crippen molar-refractivity contribution in [3.63, 3.8) is 0 Å². The predicted molar refractivity (Wildman–Crippen MR) is 53.0 cm³/mol. The first-order valence-electron chi connectivity index (χ1n) is 5.11. The van der Waals surface area contributed by atoms with E-state index in [1.165, 1.54) is 12.8 Å². The lowest BCUT2D eigenvalue weighted by Gasteiger charge is -2.33. The second-order valence-electron chi connectivity index (χ2n) is 3.86. The van der Waals surface area contributed by atoms with Crippen LogP contribution >= 0.6 is 0 Å². The van der Waals surface area contributed by atoms with Gasteiger partial charge >= 0.3 is 0 Å². The molecule has 1 unspecified atom stereocenters. The second-order valence-corrected chi connectivity index (χ2v) is 3.86. The van der Waals surface area contributed by atoms with Crippen molar-refractivity contribution in [1.29, 1.82) is 5.26 Å². The summed E-state index contributed by atoms with van der Waals surface area (Å²) in [5.74, 6) is 0.798. The third-order valence-electron chi connectivity index (χ3n) is 2.96. The zero-order valence-corrected chi connectivity index (χ0v) is 8.37. The highest BCUT2D eigenvalue weighted by atomic mass is 15.2. The van der Waals surface area contributed by atoms with Crippen molar-refractivity contribution in [2.45, 2.75) is 32.2 Å². The van der Waals surface area contributed by atoms with E-state index in [2.05, 4.69) is 11.0 Å². The number of nitrogens with zero attached hydrogens (tertiary/aromatic N) is 2. The molecule has 0 aromatic heterocycles. The van der Waals surface area contributed by atoms with Crippen LogP contribution in [0.2, 0.25) is 0 Å². The molecule has 0 amide bonds. The summed E-state index contributed by atoms with van der Waals surface area (Å²) in [6.45, 7) is 4.92. The molecule has 0 aromatic carbocycles. The predicted octanol–water partition coefficient (Wildman–Crippen LogP) is 0.959. The van der Waals surface area contributed by atoms with Crippen LogP contribution < -0.4 is 5.73 Å². The third-order valence-corrected chi connectivity index (χ3v) is 2.96. The molecule has 0 bridgehead atoms. The summed E-state index contributed by atoms with van der Waals surface area (Å²) in [6.07, 6.45) is 3.57. The number of nitrogens with two attached hydrogens (primary N) is 1. The smallest absolute Gasteiger partial charge is 0.0949 e. The molecule has 1 aliphatic heterocycles. The molecular formula is C10H19N3. The lowest BCUT2D eigenvalue weighted by molar-refractivity contribution is 0.162. The first-order chi connectivity index (χ1) is 6.27. The molecule has 13 heavy (non-hydrogen) atoms. The maximum atomic E-state index is 8.74. The molecule has 1 aliphatic rings. The summed E-state index contributed by atoms with van der Waals surface area (Å²) < 4.78 is 0. The summed E-state index contributed by atoms with van der Waals surface area (Å²) in [4.78, 5) is 2.26. The Morgan fingerprint density at radius 3 is 2.62 bits per heavy atom. The first kappa shape index (κ1) is 10.5. The monoisotopic (exact) mass is 181 g/mol. The number of likely N-dealkylation sites (tertiary alicyclic amines) is 1. The van der Waals surface area contributed by atoms with Crippen molar-refractivity contribution < 1.29 is 0 Å². The van der Waals surface area contributed by atoms with Crippen LogP contribution in [0.15, 0.2) is 0 Å². The fourth-order valence-electron chi connectivity index (χ4n) is 1.95. The highest BCUT2D eigenvalue weighted by Crippen LogP contribution is 2.20. The largest absolute Gasteiger partial charge is 0.330 e. The minimum atomic E-state index is 0.0822. The minimum absolute atomic E-state index is 0.0822. The fraction of sp³-hybridized carbons (Fsp3) is 0.900. The van der Waals surface area contributed by atoms with E-state index in [9.17, 15) is 0 Å². The number of piperidine rings is 1. The van der Waals surface area contributed by atoms with Gasteiger partial charge in [-0.2, -0.15) is 5.26 Å². The first-order valence-corrected chi connectivity index (χ1v) is 5.11. The SMILES string of the molecule is CC(C#N)N1CCC(CCN)CC1. The van der Waals surface area contributed by atoms with E-state index in [1.807, 2.05) is 6.92 Å². The van der Waals surface area contributed by atoms with Crippen LogP contribution in [-0.2, 0) is 0 Å². The number of nitriles is 1. The van der Waals surface area contributed by atoms with E-state index in [4.69, 9.17) is 11.0 Å². The summed E-state index contributed by atoms with van der Waals surface area (Å²) in [5, 5.41) is 8.74. The van der Waals surface area contributed by atoms with E-state index < -0.39 is 0 Å². The molecule has 0 saturated carbocycles. The van der Waals surface area contributed by atoms with Crippen LogP contribution in [0.25, 0.3) is 0 Å². The quantitative estimate of drug-likeness (QED) is 0.705. The van der Waals surface area contributed by atoms with Crippen molar-refractivity contribution in [3.8, 4) is 6.07 Å². The molecule has 0 aliphatic carbocycles. The Bertz CT molecular complexity index is 177. The summed E-state index contributed by atoms with van der Waals surface area (Å²) in [5.41, 5.74) is 5.51. The van der Waals surface area contributed by atoms with E-state index in [0.717, 1.165) is 32.0 Å². The molecule has 1 fully saturated rings. The van der Waals surface area contributed by atoms with Crippen molar-refractivity contribution in [2.75, 3.05) is 19.6 Å². The van der Waals surface area contributed by atoms with Gasteiger partial charge in [0.15, 0.2) is 0 Å². The average molecular weight is 181 g/mol. The fourth-order valence-corrected chi connectivity index (χ4v) is 1.95. The van der Waals surface area contributed by atoms with Gasteiger partial charge in [0, 0.05) is 0 Å². The van der Waals surface area contributed by atoms with Gasteiger partial charge in [-0.25, -0.2) is 0 Å². The van der Waals surface area contributed by atoms with Crippen LogP contribution in [0.1, 0.15) is 26.2 Å². The van der Waals surface area contributed by atoms with E-state index in [1.54, 1.807) is 0 Å². The number of hydrogen-bond donors (Lipinski definition) is 1. The lowest BCUT2D eigenvalue weighted by Crippen LogP contribution is -2.39. The lowest BCUT2D eigenvalue weighted by atomic mass is 9.93. The van der Waals surface area contributed by atoms with E-state index in [-0.39, 0.29) is 6.04 Å². The van der Waals surface area contributed by atoms with Crippen LogP contribution in [0.4, 0.5) is 0 Å². The van der Waals surface area contributed by atoms with Crippen LogP contribution in [0.3, 0.4) is 0 Å². The molecule has 1 atom stereocenters. The maximum Gasteiger partial charge on any atom is 0.0949 e. The second kappa shape index (κ2) is 5.21. The van der Waals surface area contributed by atoms with Crippen LogP contribution in [0.5, 0.6) is 0 Å². The Kier molecular flexibility index (Phi) is 4.20. The van der Waals surface area contributed by atoms with Crippen molar-refractivity contribution >= 4 is 0 Å². The van der Waals surface area contributed by atoms with E-state index >= 15 is 0 Å². The van der Waals surface area contributed by atoms with Gasteiger partial charge in [-0.3, -0.25) is 4.90 Å². The average Bonchev–Trinajstić information content (AvgIpc) is 2.18. The molecule has 2 N–H and O–H groups in total. The van der Waals surface area contributed by atoms with Gasteiger partial charge in [0.05, 0.1) is 12.1 Å². The Morgan fingerprint density at radius 2 is 2.15 bits per heavy atom. The number of hydrogen-bond acceptors (Lipinski definition) is 3. The molecule has 0 radical (unpaired) electrons. The molecule has 1 saturated heterocycles. The van der Waals surface area contributed by atoms with E-state index in [0.29, 0.717) is 0 Å². The topological polar surface area (TPSA) is 53.0 Å². The highest BCUT2D eigenvalue weighted by Gasteiger charge is 2.21. The molecule has 1 heterocycles. The third kappa shape index (κ3) is 2.98. The van der Waals surface area contributed by atoms with Gasteiger partial charge < -0.3 is 5.73 Å². The zero-order valence-electron chi connectivity index (χ0n) is 8.37. The standard InChI is InChI=1S/C10H19N3/c1-9(8-12)13-6-3-10(2-5-11)4-7-13/h9-10H,2-7,11H2,1H3. The Hall–Kier alpha value is -0.590. The Balaban J connectivity index is 2.27. The van der Waals surface area contributed by atoms with Gasteiger partial charge in [-0.05, 0) is 51.7 Å². The normalized spacial score (nSPS) is 22.5. The van der Waals surface area contributed by atoms with Gasteiger partial charge in [0.1, 0.15) is 0 Å². The summed E-state index contributed by atoms with van der Waals surface area (Å²) in [7, 11) is 0. The molecule has 0 aromatic rings. The zero-order chi connectivity index (χ0) is 9.68. The van der Waals surface area contributed by atoms with Crippen molar-refractivity contribution in [2.24, 2.45) is 11.7 Å². The molecule has 3 heteroatoms. The van der Waals surface area contributed by atoms with Gasteiger partial charge in [-0.1, -0.05) is 0 Å². The number of rotatable bonds is 3. The van der Waals surface area contributed by atoms with Gasteiger partial charge in [0.25, 0.3) is 0 Å². The minimum Gasteiger partial charge on any atom is -0.330 e. The Morgan fingerprint density at radius 1 is 1.54 bits per heavy atom. The van der Waals surface area contributed by atoms with Crippen LogP contribution in [-0.4, -0.2) is 30.6 Å². The molecular weight excluding hydrogens is 162 g/mol. The molecule has 1 rings (SSSR count). The molecule has 0 spiro atoms. The molecule has 3 nitrogen and oxygen atoms in total. The van der Waals surface area contributed by atoms with Crippen molar-refractivity contribution in [1.82, 2.24) is 4.90 Å². The maximum absolute atomic E-state index is 8.74. The van der Waals surface area contributed by atoms with Gasteiger partial charge in [0.2, 0.25) is 0 Å². The highest BCUT2D eigenvalue weighted by molar-refractivity contribution is 4.89. The van der Waals surface area contributed by atoms with Crippen LogP contribution in [0, 0.1) is 17.2 Å². The Labute approximate surface area is 80.5 Å².